The molecule has 0 fully saturated rings. The number of ketones is 1. The fourth-order valence-corrected chi connectivity index (χ4v) is 1.79. The Labute approximate surface area is 111 Å². The van der Waals surface area contributed by atoms with E-state index >= 15 is 0 Å². The van der Waals surface area contributed by atoms with E-state index in [4.69, 9.17) is 4.74 Å². The average molecular weight is 267 g/mol. The van der Waals surface area contributed by atoms with Gasteiger partial charge in [0.2, 0.25) is 0 Å². The predicted molar refractivity (Wildman–Crippen MR) is 67.1 cm³/mol. The molecule has 6 nitrogen and oxygen atoms in total. The minimum absolute atomic E-state index is 0.124. The van der Waals surface area contributed by atoms with E-state index in [-0.39, 0.29) is 24.5 Å². The van der Waals surface area contributed by atoms with Gasteiger partial charge in [-0.1, -0.05) is 0 Å². The summed E-state index contributed by atoms with van der Waals surface area (Å²) >= 11 is 0. The minimum atomic E-state index is -0.929. The summed E-state index contributed by atoms with van der Waals surface area (Å²) in [5, 5.41) is 0. The summed E-state index contributed by atoms with van der Waals surface area (Å²) in [5.74, 6) is -2.21. The van der Waals surface area contributed by atoms with Gasteiger partial charge in [0.05, 0.1) is 18.8 Å². The zero-order chi connectivity index (χ0) is 14.6. The summed E-state index contributed by atoms with van der Waals surface area (Å²) in [6, 6.07) is 0. The van der Waals surface area contributed by atoms with Gasteiger partial charge in [-0.15, -0.1) is 0 Å². The van der Waals surface area contributed by atoms with Gasteiger partial charge in [-0.3, -0.25) is 4.79 Å². The molecule has 0 bridgehead atoms. The first-order chi connectivity index (χ1) is 8.93. The normalized spacial score (nSPS) is 10.1. The second-order valence-electron chi connectivity index (χ2n) is 3.90. The van der Waals surface area contributed by atoms with E-state index in [2.05, 4.69) is 4.74 Å². The first-order valence-corrected chi connectivity index (χ1v) is 5.98. The molecule has 1 heterocycles. The molecule has 0 spiro atoms. The highest BCUT2D eigenvalue weighted by Crippen LogP contribution is 2.18. The molecule has 0 atom stereocenters. The third-order valence-electron chi connectivity index (χ3n) is 2.61. The Morgan fingerprint density at radius 1 is 1.16 bits per heavy atom. The van der Waals surface area contributed by atoms with Crippen molar-refractivity contribution in [1.29, 1.82) is 0 Å². The maximum absolute atomic E-state index is 11.9. The van der Waals surface area contributed by atoms with Crippen molar-refractivity contribution in [1.82, 2.24) is 4.57 Å². The summed E-state index contributed by atoms with van der Waals surface area (Å²) < 4.78 is 11.0. The van der Waals surface area contributed by atoms with E-state index in [0.29, 0.717) is 5.56 Å². The lowest BCUT2D eigenvalue weighted by Crippen LogP contribution is -2.21. The van der Waals surface area contributed by atoms with E-state index in [9.17, 15) is 14.4 Å². The first kappa shape index (κ1) is 14.9. The molecule has 1 rings (SSSR count). The van der Waals surface area contributed by atoms with Crippen molar-refractivity contribution in [3.05, 3.63) is 23.0 Å². The molecule has 104 valence electrons. The fraction of sp³-hybridized carbons (Fsp3) is 0.462. The number of Topliss-reactive ketones (excluding diaryl/α,β-unsaturated/α-hetero) is 1. The Kier molecular flexibility index (Phi) is 4.86. The molecule has 1 aromatic heterocycles. The molecule has 0 aliphatic rings. The van der Waals surface area contributed by atoms with Crippen LogP contribution in [0, 0.1) is 6.92 Å². The van der Waals surface area contributed by atoms with Crippen LogP contribution < -0.4 is 0 Å². The van der Waals surface area contributed by atoms with Crippen molar-refractivity contribution in [2.24, 2.45) is 7.05 Å². The summed E-state index contributed by atoms with van der Waals surface area (Å²) in [7, 11) is 1.59. The summed E-state index contributed by atoms with van der Waals surface area (Å²) in [4.78, 5) is 35.1. The van der Waals surface area contributed by atoms with Crippen LogP contribution in [0.15, 0.2) is 6.20 Å². The van der Waals surface area contributed by atoms with Crippen LogP contribution in [0.4, 0.5) is 0 Å². The number of nitrogens with zero attached hydrogens (tertiary/aromatic N) is 1. The van der Waals surface area contributed by atoms with Crippen molar-refractivity contribution in [3.8, 4) is 0 Å². The van der Waals surface area contributed by atoms with Crippen molar-refractivity contribution in [2.75, 3.05) is 13.2 Å². The molecular weight excluding hydrogens is 250 g/mol. The van der Waals surface area contributed by atoms with Gasteiger partial charge in [0.15, 0.2) is 0 Å². The summed E-state index contributed by atoms with van der Waals surface area (Å²) in [6.45, 7) is 5.28. The molecule has 0 aromatic carbocycles. The lowest BCUT2D eigenvalue weighted by molar-refractivity contribution is -0.137. The largest absolute Gasteiger partial charge is 0.462 e. The fourth-order valence-electron chi connectivity index (χ4n) is 1.79. The Morgan fingerprint density at radius 3 is 2.26 bits per heavy atom. The Hall–Kier alpha value is -2.11. The number of aryl methyl sites for hydroxylation is 1. The lowest BCUT2D eigenvalue weighted by Gasteiger charge is -2.04. The van der Waals surface area contributed by atoms with Crippen LogP contribution in [-0.2, 0) is 21.3 Å². The number of carbonyl (C=O) groups is 3. The van der Waals surface area contributed by atoms with Gasteiger partial charge in [0.25, 0.3) is 5.78 Å². The maximum Gasteiger partial charge on any atom is 0.381 e. The van der Waals surface area contributed by atoms with Crippen LogP contribution in [0.3, 0.4) is 0 Å². The summed E-state index contributed by atoms with van der Waals surface area (Å²) in [5.41, 5.74) is 0.831. The molecule has 19 heavy (non-hydrogen) atoms. The van der Waals surface area contributed by atoms with Crippen molar-refractivity contribution in [3.63, 3.8) is 0 Å². The van der Waals surface area contributed by atoms with Gasteiger partial charge >= 0.3 is 11.9 Å². The highest BCUT2D eigenvalue weighted by molar-refractivity contribution is 6.40. The number of esters is 2. The number of ether oxygens (including phenoxy) is 2. The second kappa shape index (κ2) is 6.17. The Morgan fingerprint density at radius 2 is 1.74 bits per heavy atom. The van der Waals surface area contributed by atoms with Crippen molar-refractivity contribution in [2.45, 2.75) is 20.8 Å². The monoisotopic (exact) mass is 267 g/mol. The van der Waals surface area contributed by atoms with Crippen molar-refractivity contribution < 1.29 is 23.9 Å². The van der Waals surface area contributed by atoms with E-state index < -0.39 is 17.7 Å². The van der Waals surface area contributed by atoms with E-state index in [0.717, 1.165) is 0 Å². The lowest BCUT2D eigenvalue weighted by atomic mass is 10.1. The molecule has 6 heteroatoms. The highest BCUT2D eigenvalue weighted by Gasteiger charge is 2.27. The SMILES string of the molecule is CCOC(=O)C(=O)c1c(C)c(C(=O)OCC)cn1C. The van der Waals surface area contributed by atoms with Gasteiger partial charge < -0.3 is 14.0 Å². The molecule has 1 aromatic rings. The standard InChI is InChI=1S/C13H17NO5/c1-5-18-12(16)9-7-14(4)10(8(9)3)11(15)13(17)19-6-2/h7H,5-6H2,1-4H3. The number of aromatic nitrogens is 1. The molecule has 0 radical (unpaired) electrons. The van der Waals surface area contributed by atoms with Crippen LogP contribution in [-0.4, -0.2) is 35.5 Å². The van der Waals surface area contributed by atoms with E-state index in [1.54, 1.807) is 27.8 Å². The third-order valence-corrected chi connectivity index (χ3v) is 2.61. The molecule has 0 amide bonds. The zero-order valence-electron chi connectivity index (χ0n) is 11.5. The molecule has 0 aliphatic carbocycles. The second-order valence-corrected chi connectivity index (χ2v) is 3.90. The highest BCUT2D eigenvalue weighted by atomic mass is 16.5. The van der Waals surface area contributed by atoms with Gasteiger partial charge in [-0.05, 0) is 26.3 Å². The van der Waals surface area contributed by atoms with Crippen LogP contribution in [0.1, 0.15) is 40.3 Å². The van der Waals surface area contributed by atoms with Crippen LogP contribution >= 0.6 is 0 Å². The predicted octanol–water partition coefficient (Wildman–Crippen LogP) is 1.26. The smallest absolute Gasteiger partial charge is 0.381 e. The third kappa shape index (κ3) is 3.01. The van der Waals surface area contributed by atoms with Crippen molar-refractivity contribution >= 4 is 17.7 Å². The number of rotatable bonds is 5. The van der Waals surface area contributed by atoms with Gasteiger partial charge in [0, 0.05) is 13.2 Å². The number of hydrogen-bond donors (Lipinski definition) is 0. The number of carbonyl (C=O) groups excluding carboxylic acids is 3. The van der Waals surface area contributed by atoms with Crippen LogP contribution in [0.5, 0.6) is 0 Å². The van der Waals surface area contributed by atoms with Gasteiger partial charge in [0.1, 0.15) is 5.69 Å². The van der Waals surface area contributed by atoms with Gasteiger partial charge in [-0.25, -0.2) is 9.59 Å². The van der Waals surface area contributed by atoms with Gasteiger partial charge in [-0.2, -0.15) is 0 Å². The average Bonchev–Trinajstić information content (AvgIpc) is 2.65. The maximum atomic E-state index is 11.9. The Balaban J connectivity index is 3.13. The first-order valence-electron chi connectivity index (χ1n) is 5.98. The Bertz CT molecular complexity index is 515. The molecule has 0 N–H and O–H groups in total. The number of hydrogen-bond acceptors (Lipinski definition) is 5. The zero-order valence-corrected chi connectivity index (χ0v) is 11.5. The quantitative estimate of drug-likeness (QED) is 0.456. The molecule has 0 saturated heterocycles. The molecule has 0 saturated carbocycles. The van der Waals surface area contributed by atoms with Crippen LogP contribution in [0.2, 0.25) is 0 Å². The van der Waals surface area contributed by atoms with E-state index in [1.165, 1.54) is 10.8 Å². The summed E-state index contributed by atoms with van der Waals surface area (Å²) in [6.07, 6.45) is 1.47. The van der Waals surface area contributed by atoms with E-state index in [1.807, 2.05) is 0 Å². The molecular formula is C13H17NO5. The molecule has 0 unspecified atom stereocenters. The molecule has 0 aliphatic heterocycles. The topological polar surface area (TPSA) is 74.6 Å². The minimum Gasteiger partial charge on any atom is -0.462 e. The van der Waals surface area contributed by atoms with Crippen LogP contribution in [0.25, 0.3) is 0 Å².